The van der Waals surface area contributed by atoms with E-state index in [-0.39, 0.29) is 11.7 Å². The second-order valence-corrected chi connectivity index (χ2v) is 8.16. The number of ether oxygens (including phenoxy) is 2. The van der Waals surface area contributed by atoms with Gasteiger partial charge in [-0.25, -0.2) is 4.39 Å². The van der Waals surface area contributed by atoms with Gasteiger partial charge in [-0.1, -0.05) is 17.8 Å². The van der Waals surface area contributed by atoms with Crippen LogP contribution >= 0.6 is 11.8 Å². The van der Waals surface area contributed by atoms with Crippen molar-refractivity contribution in [3.63, 3.8) is 0 Å². The molecule has 4 rings (SSSR count). The van der Waals surface area contributed by atoms with E-state index in [0.29, 0.717) is 38.2 Å². The second kappa shape index (κ2) is 7.73. The second-order valence-electron chi connectivity index (χ2n) is 7.02. The molecule has 0 aromatic heterocycles. The smallest absolute Gasteiger partial charge is 0.259 e. The average Bonchev–Trinajstić information content (AvgIpc) is 2.69. The largest absolute Gasteiger partial charge is 0.381 e. The van der Waals surface area contributed by atoms with E-state index >= 15 is 0 Å². The van der Waals surface area contributed by atoms with E-state index in [0.717, 1.165) is 20.9 Å². The summed E-state index contributed by atoms with van der Waals surface area (Å²) in [5, 5.41) is 1.24. The van der Waals surface area contributed by atoms with E-state index in [1.54, 1.807) is 20.2 Å². The first-order valence-electron chi connectivity index (χ1n) is 9.18. The van der Waals surface area contributed by atoms with Crippen LogP contribution in [0.4, 0.5) is 4.39 Å². The van der Waals surface area contributed by atoms with Gasteiger partial charge in [-0.2, -0.15) is 5.06 Å². The summed E-state index contributed by atoms with van der Waals surface area (Å²) in [6, 6.07) is 10.8. The molecule has 2 aliphatic rings. The molecular weight excluding hydrogens is 381 g/mol. The number of fused-ring (bicyclic) bond motifs is 1. The average molecular weight is 403 g/mol. The molecule has 2 aromatic carbocycles. The molecule has 2 heterocycles. The van der Waals surface area contributed by atoms with Crippen molar-refractivity contribution < 1.29 is 23.5 Å². The van der Waals surface area contributed by atoms with Crippen LogP contribution in [0, 0.1) is 5.82 Å². The summed E-state index contributed by atoms with van der Waals surface area (Å²) in [5.41, 5.74) is 1.17. The first-order chi connectivity index (χ1) is 13.5. The van der Waals surface area contributed by atoms with Crippen LogP contribution in [0.2, 0.25) is 0 Å². The van der Waals surface area contributed by atoms with Crippen molar-refractivity contribution in [2.75, 3.05) is 27.4 Å². The summed E-state index contributed by atoms with van der Waals surface area (Å²) in [7, 11) is 3.27. The summed E-state index contributed by atoms with van der Waals surface area (Å²) in [6.45, 7) is 1.20. The van der Waals surface area contributed by atoms with Gasteiger partial charge in [0, 0.05) is 55.6 Å². The molecule has 0 spiro atoms. The Morgan fingerprint density at radius 2 is 1.93 bits per heavy atom. The van der Waals surface area contributed by atoms with Gasteiger partial charge in [0.05, 0.1) is 12.0 Å². The number of halogens is 1. The lowest BCUT2D eigenvalue weighted by Crippen LogP contribution is -2.35. The van der Waals surface area contributed by atoms with Crippen molar-refractivity contribution in [1.29, 1.82) is 0 Å². The molecule has 28 heavy (non-hydrogen) atoms. The molecule has 0 bridgehead atoms. The maximum absolute atomic E-state index is 14.4. The topological polar surface area (TPSA) is 48.0 Å². The van der Waals surface area contributed by atoms with Crippen molar-refractivity contribution in [1.82, 2.24) is 5.06 Å². The molecular formula is C21H22FNO4S. The van der Waals surface area contributed by atoms with Crippen molar-refractivity contribution in [2.45, 2.75) is 34.7 Å². The van der Waals surface area contributed by atoms with E-state index in [4.69, 9.17) is 14.3 Å². The molecule has 0 atom stereocenters. The van der Waals surface area contributed by atoms with Crippen LogP contribution in [-0.2, 0) is 26.3 Å². The Kier molecular flexibility index (Phi) is 5.31. The van der Waals surface area contributed by atoms with Crippen molar-refractivity contribution in [3.05, 3.63) is 53.3 Å². The van der Waals surface area contributed by atoms with Crippen LogP contribution in [0.15, 0.2) is 46.2 Å². The number of benzene rings is 2. The van der Waals surface area contributed by atoms with E-state index in [1.807, 2.05) is 24.3 Å². The fraction of sp³-hybridized carbons (Fsp3) is 0.381. The number of likely N-dealkylation sites (N-methyl/N-ethyl adjacent to an activating group) is 1. The first-order valence-corrected chi connectivity index (χ1v) is 10.00. The minimum atomic E-state index is -0.516. The zero-order valence-corrected chi connectivity index (χ0v) is 16.7. The number of hydrogen-bond donors (Lipinski definition) is 0. The highest BCUT2D eigenvalue weighted by molar-refractivity contribution is 7.99. The van der Waals surface area contributed by atoms with Gasteiger partial charge >= 0.3 is 0 Å². The van der Waals surface area contributed by atoms with Gasteiger partial charge in [-0.3, -0.25) is 4.79 Å². The number of amides is 1. The van der Waals surface area contributed by atoms with E-state index in [2.05, 4.69) is 0 Å². The highest BCUT2D eigenvalue weighted by atomic mass is 32.2. The molecule has 5 nitrogen and oxygen atoms in total. The highest BCUT2D eigenvalue weighted by Crippen LogP contribution is 2.40. The molecule has 2 aromatic rings. The molecule has 2 aliphatic heterocycles. The molecule has 1 fully saturated rings. The number of carbonyl (C=O) groups is 1. The third kappa shape index (κ3) is 3.74. The highest BCUT2D eigenvalue weighted by Gasteiger charge is 2.35. The Hall–Kier alpha value is -2.09. The monoisotopic (exact) mass is 403 g/mol. The van der Waals surface area contributed by atoms with Crippen LogP contribution in [-0.4, -0.2) is 38.3 Å². The van der Waals surface area contributed by atoms with Gasteiger partial charge < -0.3 is 14.3 Å². The Labute approximate surface area is 167 Å². The third-order valence-electron chi connectivity index (χ3n) is 5.29. The quantitative estimate of drug-likeness (QED) is 0.774. The Morgan fingerprint density at radius 1 is 1.14 bits per heavy atom. The van der Waals surface area contributed by atoms with E-state index in [1.165, 1.54) is 22.9 Å². The van der Waals surface area contributed by atoms with E-state index < -0.39 is 5.60 Å². The summed E-state index contributed by atoms with van der Waals surface area (Å²) in [6.07, 6.45) is 1.72. The predicted molar refractivity (Wildman–Crippen MR) is 103 cm³/mol. The molecule has 0 unspecified atom stereocenters. The van der Waals surface area contributed by atoms with Gasteiger partial charge in [0.25, 0.3) is 5.91 Å². The maximum Gasteiger partial charge on any atom is 0.259 e. The summed E-state index contributed by atoms with van der Waals surface area (Å²) < 4.78 is 25.7. The summed E-state index contributed by atoms with van der Waals surface area (Å²) in [4.78, 5) is 19.0. The molecule has 0 aliphatic carbocycles. The van der Waals surface area contributed by atoms with Crippen molar-refractivity contribution in [3.8, 4) is 5.75 Å². The lowest BCUT2D eigenvalue weighted by atomic mass is 9.86. The van der Waals surface area contributed by atoms with Crippen LogP contribution in [0.5, 0.6) is 5.75 Å². The SMILES string of the molecule is COC1(c2cc(F)cc(Sc3ccc4c(c3)ON(C)C(=O)C4)c2)CCOCC1. The van der Waals surface area contributed by atoms with Gasteiger partial charge in [-0.05, 0) is 35.9 Å². The number of hydrogen-bond acceptors (Lipinski definition) is 5. The first kappa shape index (κ1) is 19.2. The number of carbonyl (C=O) groups excluding carboxylic acids is 1. The van der Waals surface area contributed by atoms with E-state index in [9.17, 15) is 9.18 Å². The van der Waals surface area contributed by atoms with Gasteiger partial charge in [0.2, 0.25) is 0 Å². The maximum atomic E-state index is 14.4. The molecule has 1 saturated heterocycles. The number of nitrogens with zero attached hydrogens (tertiary/aromatic N) is 1. The molecule has 7 heteroatoms. The van der Waals surface area contributed by atoms with Gasteiger partial charge in [0.1, 0.15) is 5.82 Å². The molecule has 0 saturated carbocycles. The minimum absolute atomic E-state index is 0.0796. The van der Waals surface area contributed by atoms with Gasteiger partial charge in [-0.15, -0.1) is 0 Å². The fourth-order valence-electron chi connectivity index (χ4n) is 3.63. The lowest BCUT2D eigenvalue weighted by molar-refractivity contribution is -0.154. The van der Waals surface area contributed by atoms with Crippen LogP contribution in [0.25, 0.3) is 0 Å². The fourth-order valence-corrected chi connectivity index (χ4v) is 4.57. The van der Waals surface area contributed by atoms with Crippen LogP contribution < -0.4 is 4.84 Å². The lowest BCUT2D eigenvalue weighted by Gasteiger charge is -2.36. The van der Waals surface area contributed by atoms with Crippen molar-refractivity contribution in [2.24, 2.45) is 0 Å². The molecule has 1 amide bonds. The standard InChI is InChI=1S/C21H22FNO4S/c1-23-20(24)9-14-3-4-17(13-19(14)27-23)28-18-11-15(10-16(22)12-18)21(25-2)5-7-26-8-6-21/h3-4,10-13H,5-9H2,1-2H3. The molecule has 0 radical (unpaired) electrons. The predicted octanol–water partition coefficient (Wildman–Crippen LogP) is 3.94. The Balaban J connectivity index is 1.61. The third-order valence-corrected chi connectivity index (χ3v) is 6.25. The molecule has 0 N–H and O–H groups in total. The number of rotatable bonds is 4. The van der Waals surface area contributed by atoms with Gasteiger partial charge in [0.15, 0.2) is 5.75 Å². The van der Waals surface area contributed by atoms with Crippen LogP contribution in [0.3, 0.4) is 0 Å². The zero-order valence-electron chi connectivity index (χ0n) is 15.9. The Bertz CT molecular complexity index is 898. The summed E-state index contributed by atoms with van der Waals surface area (Å²) in [5.74, 6) is 0.285. The normalized spacial score (nSPS) is 18.5. The van der Waals surface area contributed by atoms with Crippen molar-refractivity contribution >= 4 is 17.7 Å². The zero-order chi connectivity index (χ0) is 19.7. The number of hydroxylamine groups is 2. The molecule has 148 valence electrons. The Morgan fingerprint density at radius 3 is 2.68 bits per heavy atom. The minimum Gasteiger partial charge on any atom is -0.381 e. The number of methoxy groups -OCH3 is 1. The van der Waals surface area contributed by atoms with Crippen LogP contribution in [0.1, 0.15) is 24.0 Å². The summed E-state index contributed by atoms with van der Waals surface area (Å²) >= 11 is 1.45.